The number of benzene rings is 2. The normalized spacial score (nSPS) is 10.7. The lowest BCUT2D eigenvalue weighted by Crippen LogP contribution is -2.21. The first kappa shape index (κ1) is 16.6. The highest BCUT2D eigenvalue weighted by atomic mass is 16.5. The van der Waals surface area contributed by atoms with Gasteiger partial charge in [0.1, 0.15) is 11.5 Å². The van der Waals surface area contributed by atoms with Gasteiger partial charge in [0.25, 0.3) is 0 Å². The fraction of sp³-hybridized carbons (Fsp3) is 0.150. The van der Waals surface area contributed by atoms with Crippen molar-refractivity contribution in [3.63, 3.8) is 0 Å². The minimum Gasteiger partial charge on any atom is -0.497 e. The lowest BCUT2D eigenvalue weighted by Gasteiger charge is -2.28. The van der Waals surface area contributed by atoms with Crippen LogP contribution in [0.2, 0.25) is 0 Å². The molecule has 0 radical (unpaired) electrons. The van der Waals surface area contributed by atoms with Crippen LogP contribution in [0.1, 0.15) is 18.1 Å². The smallest absolute Gasteiger partial charge is 0.308 e. The van der Waals surface area contributed by atoms with E-state index in [1.54, 1.807) is 19.2 Å². The summed E-state index contributed by atoms with van der Waals surface area (Å²) in [6.07, 6.45) is 3.70. The molecule has 3 heteroatoms. The molecule has 2 rings (SSSR count). The first-order chi connectivity index (χ1) is 11.1. The van der Waals surface area contributed by atoms with Crippen LogP contribution in [0.4, 0.5) is 0 Å². The third kappa shape index (κ3) is 3.34. The van der Waals surface area contributed by atoms with Crippen molar-refractivity contribution in [3.05, 3.63) is 85.0 Å². The molecule has 0 saturated carbocycles. The number of methoxy groups -OCH3 is 1. The van der Waals surface area contributed by atoms with Crippen molar-refractivity contribution in [1.82, 2.24) is 0 Å². The molecule has 0 bridgehead atoms. The van der Waals surface area contributed by atoms with Gasteiger partial charge in [0.05, 0.1) is 12.5 Å². The predicted octanol–water partition coefficient (Wildman–Crippen LogP) is 4.28. The Hall–Kier alpha value is -2.81. The summed E-state index contributed by atoms with van der Waals surface area (Å²) in [5, 5.41) is 0. The fourth-order valence-electron chi connectivity index (χ4n) is 2.55. The van der Waals surface area contributed by atoms with E-state index < -0.39 is 5.41 Å². The Bertz CT molecular complexity index is 689. The molecule has 0 saturated heterocycles. The van der Waals surface area contributed by atoms with Crippen molar-refractivity contribution < 1.29 is 14.3 Å². The van der Waals surface area contributed by atoms with Crippen molar-refractivity contribution in [1.29, 1.82) is 0 Å². The standard InChI is InChI=1S/C20H20O3/c1-5-20(6-2,16-7-11-18(22-4)12-8-16)17-9-13-19(14-10-17)23-15(3)21/h5-14H,1-2H2,3-4H3. The molecule has 3 nitrogen and oxygen atoms in total. The second-order valence-corrected chi connectivity index (χ2v) is 5.12. The Labute approximate surface area is 136 Å². The van der Waals surface area contributed by atoms with E-state index >= 15 is 0 Å². The van der Waals surface area contributed by atoms with Crippen molar-refractivity contribution in [2.45, 2.75) is 12.3 Å². The molecule has 2 aromatic rings. The van der Waals surface area contributed by atoms with Gasteiger partial charge < -0.3 is 9.47 Å². The number of rotatable bonds is 6. The highest BCUT2D eigenvalue weighted by molar-refractivity contribution is 5.69. The molecule has 0 unspecified atom stereocenters. The molecule has 118 valence electrons. The van der Waals surface area contributed by atoms with Gasteiger partial charge in [-0.1, -0.05) is 36.4 Å². The first-order valence-electron chi connectivity index (χ1n) is 7.26. The SMILES string of the molecule is C=CC(C=C)(c1ccc(OC)cc1)c1ccc(OC(C)=O)cc1. The van der Waals surface area contributed by atoms with Crippen LogP contribution in [0.3, 0.4) is 0 Å². The average Bonchev–Trinajstić information content (AvgIpc) is 2.58. The Morgan fingerprint density at radius 2 is 1.35 bits per heavy atom. The van der Waals surface area contributed by atoms with Crippen LogP contribution in [0.5, 0.6) is 11.5 Å². The van der Waals surface area contributed by atoms with Crippen molar-refractivity contribution in [2.75, 3.05) is 7.11 Å². The summed E-state index contributed by atoms with van der Waals surface area (Å²) in [7, 11) is 1.64. The second kappa shape index (κ2) is 6.97. The molecule has 0 spiro atoms. The molecule has 0 aliphatic rings. The van der Waals surface area contributed by atoms with E-state index in [4.69, 9.17) is 9.47 Å². The average molecular weight is 308 g/mol. The summed E-state index contributed by atoms with van der Waals surface area (Å²) in [4.78, 5) is 11.0. The van der Waals surface area contributed by atoms with Gasteiger partial charge in [-0.05, 0) is 35.4 Å². The molecule has 2 aromatic carbocycles. The van der Waals surface area contributed by atoms with Crippen LogP contribution >= 0.6 is 0 Å². The monoisotopic (exact) mass is 308 g/mol. The molecule has 0 atom stereocenters. The molecule has 0 fully saturated rings. The summed E-state index contributed by atoms with van der Waals surface area (Å²) < 4.78 is 10.3. The highest BCUT2D eigenvalue weighted by Crippen LogP contribution is 2.36. The maximum Gasteiger partial charge on any atom is 0.308 e. The highest BCUT2D eigenvalue weighted by Gasteiger charge is 2.27. The largest absolute Gasteiger partial charge is 0.497 e. The first-order valence-corrected chi connectivity index (χ1v) is 7.26. The number of hydrogen-bond acceptors (Lipinski definition) is 3. The van der Waals surface area contributed by atoms with Crippen molar-refractivity contribution in [2.24, 2.45) is 0 Å². The number of hydrogen-bond donors (Lipinski definition) is 0. The number of esters is 1. The summed E-state index contributed by atoms with van der Waals surface area (Å²) in [6.45, 7) is 9.34. The maximum absolute atomic E-state index is 11.0. The Kier molecular flexibility index (Phi) is 5.02. The third-order valence-electron chi connectivity index (χ3n) is 3.81. The van der Waals surface area contributed by atoms with Crippen LogP contribution < -0.4 is 9.47 Å². The van der Waals surface area contributed by atoms with Gasteiger partial charge in [0.15, 0.2) is 0 Å². The molecule has 0 aliphatic heterocycles. The van der Waals surface area contributed by atoms with Crippen LogP contribution in [0.15, 0.2) is 73.8 Å². The van der Waals surface area contributed by atoms with Crippen molar-refractivity contribution in [3.8, 4) is 11.5 Å². The molecule has 23 heavy (non-hydrogen) atoms. The van der Waals surface area contributed by atoms with E-state index in [0.717, 1.165) is 16.9 Å². The van der Waals surface area contributed by atoms with Crippen LogP contribution in [-0.4, -0.2) is 13.1 Å². The van der Waals surface area contributed by atoms with Gasteiger partial charge in [0.2, 0.25) is 0 Å². The minimum absolute atomic E-state index is 0.341. The van der Waals surface area contributed by atoms with Gasteiger partial charge in [0, 0.05) is 6.92 Å². The predicted molar refractivity (Wildman–Crippen MR) is 91.9 cm³/mol. The van der Waals surface area contributed by atoms with E-state index in [1.807, 2.05) is 48.6 Å². The number of carbonyl (C=O) groups excluding carboxylic acids is 1. The molecule has 0 heterocycles. The van der Waals surface area contributed by atoms with E-state index in [9.17, 15) is 4.79 Å². The van der Waals surface area contributed by atoms with Crippen LogP contribution in [0, 0.1) is 0 Å². The molecule has 0 amide bonds. The van der Waals surface area contributed by atoms with Crippen LogP contribution in [0.25, 0.3) is 0 Å². The van der Waals surface area contributed by atoms with Gasteiger partial charge >= 0.3 is 5.97 Å². The van der Waals surface area contributed by atoms with E-state index in [2.05, 4.69) is 13.2 Å². The van der Waals surface area contributed by atoms with E-state index in [1.165, 1.54) is 6.92 Å². The number of carbonyl (C=O) groups is 1. The molecule has 0 aliphatic carbocycles. The minimum atomic E-state index is -0.527. The Morgan fingerprint density at radius 1 is 0.913 bits per heavy atom. The quantitative estimate of drug-likeness (QED) is 0.454. The van der Waals surface area contributed by atoms with Gasteiger partial charge in [-0.15, -0.1) is 13.2 Å². The van der Waals surface area contributed by atoms with Crippen LogP contribution in [-0.2, 0) is 10.2 Å². The lowest BCUT2D eigenvalue weighted by molar-refractivity contribution is -0.131. The second-order valence-electron chi connectivity index (χ2n) is 5.12. The van der Waals surface area contributed by atoms with Gasteiger partial charge in [-0.3, -0.25) is 4.79 Å². The molecule has 0 N–H and O–H groups in total. The summed E-state index contributed by atoms with van der Waals surface area (Å²) in [6, 6.07) is 15.1. The topological polar surface area (TPSA) is 35.5 Å². The summed E-state index contributed by atoms with van der Waals surface area (Å²) >= 11 is 0. The Morgan fingerprint density at radius 3 is 1.70 bits per heavy atom. The van der Waals surface area contributed by atoms with Crippen molar-refractivity contribution >= 4 is 5.97 Å². The summed E-state index contributed by atoms with van der Waals surface area (Å²) in [5.41, 5.74) is 1.49. The zero-order chi connectivity index (χ0) is 16.9. The molecular weight excluding hydrogens is 288 g/mol. The molecule has 0 aromatic heterocycles. The van der Waals surface area contributed by atoms with E-state index in [-0.39, 0.29) is 5.97 Å². The lowest BCUT2D eigenvalue weighted by atomic mass is 9.75. The zero-order valence-electron chi connectivity index (χ0n) is 13.4. The van der Waals surface area contributed by atoms with E-state index in [0.29, 0.717) is 5.75 Å². The summed E-state index contributed by atoms with van der Waals surface area (Å²) in [5.74, 6) is 0.964. The van der Waals surface area contributed by atoms with Gasteiger partial charge in [-0.2, -0.15) is 0 Å². The van der Waals surface area contributed by atoms with Gasteiger partial charge in [-0.25, -0.2) is 0 Å². The Balaban J connectivity index is 2.45. The third-order valence-corrected chi connectivity index (χ3v) is 3.81. The zero-order valence-corrected chi connectivity index (χ0v) is 13.4. The number of allylic oxidation sites excluding steroid dienone is 2. The fourth-order valence-corrected chi connectivity index (χ4v) is 2.55. The molecular formula is C20H20O3. The number of ether oxygens (including phenoxy) is 2. The maximum atomic E-state index is 11.0.